The summed E-state index contributed by atoms with van der Waals surface area (Å²) in [5, 5.41) is 5.85. The Kier molecular flexibility index (Phi) is 2.51. The van der Waals surface area contributed by atoms with Crippen LogP contribution in [-0.4, -0.2) is 15.0 Å². The average molecular weight is 214 g/mol. The first kappa shape index (κ1) is 10.3. The molecule has 1 aromatic heterocycles. The van der Waals surface area contributed by atoms with Gasteiger partial charge < -0.3 is 0 Å². The zero-order valence-electron chi connectivity index (χ0n) is 6.93. The first-order chi connectivity index (χ1) is 5.84. The third kappa shape index (κ3) is 1.93. The van der Waals surface area contributed by atoms with Crippen LogP contribution in [0.1, 0.15) is 25.6 Å². The van der Waals surface area contributed by atoms with E-state index < -0.39 is 23.1 Å². The van der Waals surface area contributed by atoms with Crippen LogP contribution < -0.4 is 0 Å². The smallest absolute Gasteiger partial charge is 0.236 e. The predicted octanol–water partition coefficient (Wildman–Crippen LogP) is 2.53. The molecule has 0 fully saturated rings. The largest absolute Gasteiger partial charge is 0.436 e. The van der Waals surface area contributed by atoms with Crippen LogP contribution in [0.2, 0.25) is 5.15 Å². The minimum absolute atomic E-state index is 0.420. The fourth-order valence-electron chi connectivity index (χ4n) is 0.882. The second kappa shape index (κ2) is 3.17. The fraction of sp³-hybridized carbons (Fsp3) is 0.667. The molecule has 0 saturated carbocycles. The number of alkyl halides is 3. The molecule has 0 N–H and O–H groups in total. The second-order valence-electron chi connectivity index (χ2n) is 2.76. The molecule has 1 heterocycles. The number of hydrogen-bond acceptors (Lipinski definition) is 2. The molecule has 0 amide bonds. The van der Waals surface area contributed by atoms with Crippen molar-refractivity contribution in [1.29, 1.82) is 0 Å². The van der Waals surface area contributed by atoms with E-state index in [1.54, 1.807) is 13.8 Å². The fourth-order valence-corrected chi connectivity index (χ4v) is 1.11. The van der Waals surface area contributed by atoms with E-state index in [2.05, 4.69) is 10.3 Å². The summed E-state index contributed by atoms with van der Waals surface area (Å²) in [5.74, 6) is 0. The van der Waals surface area contributed by atoms with E-state index in [0.29, 0.717) is 0 Å². The van der Waals surface area contributed by atoms with Crippen LogP contribution in [0.3, 0.4) is 0 Å². The number of hydrogen-bond donors (Lipinski definition) is 0. The Morgan fingerprint density at radius 2 is 1.92 bits per heavy atom. The molecule has 0 aromatic carbocycles. The Morgan fingerprint density at radius 3 is 2.23 bits per heavy atom. The van der Waals surface area contributed by atoms with E-state index in [1.165, 1.54) is 0 Å². The Morgan fingerprint density at radius 1 is 1.38 bits per heavy atom. The Hall–Kier alpha value is -0.780. The Bertz CT molecular complexity index is 305. The summed E-state index contributed by atoms with van der Waals surface area (Å²) in [6, 6.07) is -0.420. The maximum atomic E-state index is 12.3. The number of rotatable bonds is 1. The van der Waals surface area contributed by atoms with Crippen molar-refractivity contribution in [3.63, 3.8) is 0 Å². The molecule has 7 heteroatoms. The molecule has 0 radical (unpaired) electrons. The molecule has 0 aliphatic rings. The highest BCUT2D eigenvalue weighted by Crippen LogP contribution is 2.34. The zero-order chi connectivity index (χ0) is 10.2. The van der Waals surface area contributed by atoms with Crippen molar-refractivity contribution in [3.8, 4) is 0 Å². The Balaban J connectivity index is 3.25. The van der Waals surface area contributed by atoms with Crippen LogP contribution in [-0.2, 0) is 6.18 Å². The summed E-state index contributed by atoms with van der Waals surface area (Å²) in [7, 11) is 0. The number of nitrogens with zero attached hydrogens (tertiary/aromatic N) is 3. The molecule has 74 valence electrons. The van der Waals surface area contributed by atoms with Crippen molar-refractivity contribution in [1.82, 2.24) is 15.0 Å². The summed E-state index contributed by atoms with van der Waals surface area (Å²) in [5.41, 5.74) is -0.996. The second-order valence-corrected chi connectivity index (χ2v) is 3.12. The van der Waals surface area contributed by atoms with Gasteiger partial charge in [0.05, 0.1) is 0 Å². The first-order valence-corrected chi connectivity index (χ1v) is 3.89. The normalized spacial score (nSPS) is 12.5. The van der Waals surface area contributed by atoms with Crippen molar-refractivity contribution in [2.75, 3.05) is 0 Å². The first-order valence-electron chi connectivity index (χ1n) is 3.52. The van der Waals surface area contributed by atoms with E-state index in [1.807, 2.05) is 0 Å². The number of halogens is 4. The third-order valence-corrected chi connectivity index (χ3v) is 1.67. The van der Waals surface area contributed by atoms with Crippen LogP contribution in [0, 0.1) is 0 Å². The minimum atomic E-state index is -4.51. The zero-order valence-corrected chi connectivity index (χ0v) is 7.69. The molecule has 1 aromatic rings. The highest BCUT2D eigenvalue weighted by molar-refractivity contribution is 6.30. The number of aromatic nitrogens is 3. The van der Waals surface area contributed by atoms with Gasteiger partial charge >= 0.3 is 6.18 Å². The van der Waals surface area contributed by atoms with Gasteiger partial charge in [-0.2, -0.15) is 13.2 Å². The third-order valence-electron chi connectivity index (χ3n) is 1.41. The van der Waals surface area contributed by atoms with Crippen LogP contribution in [0.25, 0.3) is 0 Å². The molecule has 1 rings (SSSR count). The van der Waals surface area contributed by atoms with Gasteiger partial charge in [-0.3, -0.25) is 0 Å². The summed E-state index contributed by atoms with van der Waals surface area (Å²) >= 11 is 5.26. The molecule has 0 bridgehead atoms. The van der Waals surface area contributed by atoms with Gasteiger partial charge in [-0.25, -0.2) is 4.68 Å². The highest BCUT2D eigenvalue weighted by Gasteiger charge is 2.39. The molecular weight excluding hydrogens is 207 g/mol. The molecule has 0 saturated heterocycles. The molecule has 0 aliphatic carbocycles. The van der Waals surface area contributed by atoms with Gasteiger partial charge in [0, 0.05) is 6.04 Å². The van der Waals surface area contributed by atoms with E-state index in [9.17, 15) is 13.2 Å². The lowest BCUT2D eigenvalue weighted by Crippen LogP contribution is -2.16. The summed E-state index contributed by atoms with van der Waals surface area (Å²) < 4.78 is 37.7. The van der Waals surface area contributed by atoms with Gasteiger partial charge in [0.25, 0.3) is 0 Å². The van der Waals surface area contributed by atoms with Crippen molar-refractivity contribution >= 4 is 11.6 Å². The van der Waals surface area contributed by atoms with Gasteiger partial charge in [0.15, 0.2) is 10.8 Å². The van der Waals surface area contributed by atoms with Gasteiger partial charge in [0.2, 0.25) is 0 Å². The van der Waals surface area contributed by atoms with Gasteiger partial charge in [-0.05, 0) is 13.8 Å². The molecule has 13 heavy (non-hydrogen) atoms. The van der Waals surface area contributed by atoms with Crippen molar-refractivity contribution in [2.45, 2.75) is 26.1 Å². The molecule has 0 spiro atoms. The Labute approximate surface area is 77.5 Å². The summed E-state index contributed by atoms with van der Waals surface area (Å²) in [6.07, 6.45) is -4.51. The lowest BCUT2D eigenvalue weighted by atomic mass is 10.3. The molecule has 0 unspecified atom stereocenters. The minimum Gasteiger partial charge on any atom is -0.236 e. The van der Waals surface area contributed by atoms with E-state index in [-0.39, 0.29) is 0 Å². The van der Waals surface area contributed by atoms with Crippen LogP contribution in [0.15, 0.2) is 0 Å². The molecule has 3 nitrogen and oxygen atoms in total. The quantitative estimate of drug-likeness (QED) is 0.718. The standard InChI is InChI=1S/C6H7ClF3N3/c1-3(2)13-4(6(8,9)10)5(7)11-12-13/h3H,1-2H3. The lowest BCUT2D eigenvalue weighted by molar-refractivity contribution is -0.144. The summed E-state index contributed by atoms with van der Waals surface area (Å²) in [4.78, 5) is 0. The summed E-state index contributed by atoms with van der Waals surface area (Å²) in [6.45, 7) is 3.14. The van der Waals surface area contributed by atoms with E-state index in [0.717, 1.165) is 4.68 Å². The highest BCUT2D eigenvalue weighted by atomic mass is 35.5. The molecule has 0 atom stereocenters. The molecular formula is C6H7ClF3N3. The van der Waals surface area contributed by atoms with E-state index in [4.69, 9.17) is 11.6 Å². The van der Waals surface area contributed by atoms with Gasteiger partial charge in [-0.15, -0.1) is 5.10 Å². The van der Waals surface area contributed by atoms with Crippen molar-refractivity contribution in [3.05, 3.63) is 10.8 Å². The van der Waals surface area contributed by atoms with Gasteiger partial charge in [0.1, 0.15) is 0 Å². The van der Waals surface area contributed by atoms with Crippen molar-refractivity contribution in [2.24, 2.45) is 0 Å². The SMILES string of the molecule is CC(C)n1nnc(Cl)c1C(F)(F)F. The van der Waals surface area contributed by atoms with Crippen LogP contribution >= 0.6 is 11.6 Å². The maximum absolute atomic E-state index is 12.3. The van der Waals surface area contributed by atoms with Gasteiger partial charge in [-0.1, -0.05) is 16.8 Å². The topological polar surface area (TPSA) is 30.7 Å². The van der Waals surface area contributed by atoms with Crippen molar-refractivity contribution < 1.29 is 13.2 Å². The predicted molar refractivity (Wildman–Crippen MR) is 40.4 cm³/mol. The molecule has 0 aliphatic heterocycles. The lowest BCUT2D eigenvalue weighted by Gasteiger charge is -2.11. The van der Waals surface area contributed by atoms with E-state index >= 15 is 0 Å². The monoisotopic (exact) mass is 213 g/mol. The van der Waals surface area contributed by atoms with Crippen LogP contribution in [0.5, 0.6) is 0 Å². The maximum Gasteiger partial charge on any atom is 0.436 e. The van der Waals surface area contributed by atoms with Crippen LogP contribution in [0.4, 0.5) is 13.2 Å². The average Bonchev–Trinajstić information content (AvgIpc) is 2.28.